The molecule has 0 aliphatic heterocycles. The van der Waals surface area contributed by atoms with E-state index in [9.17, 15) is 10.1 Å². The molecule has 1 amide bonds. The Morgan fingerprint density at radius 3 is 2.70 bits per heavy atom. The van der Waals surface area contributed by atoms with E-state index in [2.05, 4.69) is 5.32 Å². The maximum Gasteiger partial charge on any atom is 0.262 e. The molecule has 0 saturated carbocycles. The van der Waals surface area contributed by atoms with Gasteiger partial charge in [0.15, 0.2) is 0 Å². The largest absolute Gasteiger partial charge is 0.489 e. The monoisotopic (exact) mass is 358 g/mol. The Labute approximate surface area is 157 Å². The van der Waals surface area contributed by atoms with E-state index >= 15 is 0 Å². The number of furan rings is 1. The average molecular weight is 358 g/mol. The highest BCUT2D eigenvalue weighted by Gasteiger charge is 2.09. The average Bonchev–Trinajstić information content (AvgIpc) is 3.23. The highest BCUT2D eigenvalue weighted by atomic mass is 16.5. The molecule has 0 radical (unpaired) electrons. The van der Waals surface area contributed by atoms with Crippen molar-refractivity contribution in [2.45, 2.75) is 13.2 Å². The van der Waals surface area contributed by atoms with Crippen LogP contribution in [0.1, 0.15) is 16.9 Å². The molecule has 0 atom stereocenters. The van der Waals surface area contributed by atoms with E-state index in [0.717, 1.165) is 5.56 Å². The number of benzene rings is 2. The Morgan fingerprint density at radius 2 is 1.96 bits per heavy atom. The maximum atomic E-state index is 12.2. The summed E-state index contributed by atoms with van der Waals surface area (Å²) in [4.78, 5) is 12.2. The minimum Gasteiger partial charge on any atom is -0.489 e. The van der Waals surface area contributed by atoms with Crippen molar-refractivity contribution in [1.82, 2.24) is 5.32 Å². The number of amides is 1. The van der Waals surface area contributed by atoms with Crippen molar-refractivity contribution >= 4 is 12.0 Å². The van der Waals surface area contributed by atoms with Gasteiger partial charge in [0.2, 0.25) is 0 Å². The van der Waals surface area contributed by atoms with E-state index in [-0.39, 0.29) is 12.1 Å². The molecule has 1 N–H and O–H groups in total. The number of hydrogen-bond donors (Lipinski definition) is 1. The molecule has 134 valence electrons. The summed E-state index contributed by atoms with van der Waals surface area (Å²) in [6, 6.07) is 22.5. The van der Waals surface area contributed by atoms with Crippen molar-refractivity contribution in [3.63, 3.8) is 0 Å². The second-order valence-corrected chi connectivity index (χ2v) is 5.78. The van der Waals surface area contributed by atoms with Crippen molar-refractivity contribution in [3.8, 4) is 11.8 Å². The molecule has 1 heterocycles. The fourth-order valence-electron chi connectivity index (χ4n) is 2.43. The SMILES string of the molecule is N#C/C(=C/c1cccc(OCc2ccccc2)c1)C(=O)NCc1ccco1. The first-order valence-corrected chi connectivity index (χ1v) is 8.44. The van der Waals surface area contributed by atoms with Crippen LogP contribution in [-0.2, 0) is 17.9 Å². The molecule has 0 aliphatic rings. The summed E-state index contributed by atoms with van der Waals surface area (Å²) in [7, 11) is 0. The highest BCUT2D eigenvalue weighted by molar-refractivity contribution is 6.01. The van der Waals surface area contributed by atoms with Crippen LogP contribution in [0.5, 0.6) is 5.75 Å². The standard InChI is InChI=1S/C22H18N2O3/c23-14-19(22(25)24-15-21-10-5-11-26-21)12-18-8-4-9-20(13-18)27-16-17-6-2-1-3-7-17/h1-13H,15-16H2,(H,24,25)/b19-12-. The summed E-state index contributed by atoms with van der Waals surface area (Å²) in [5.41, 5.74) is 1.79. The lowest BCUT2D eigenvalue weighted by molar-refractivity contribution is -0.117. The third-order valence-corrected chi connectivity index (χ3v) is 3.79. The number of hydrogen-bond acceptors (Lipinski definition) is 4. The van der Waals surface area contributed by atoms with Gasteiger partial charge < -0.3 is 14.5 Å². The summed E-state index contributed by atoms with van der Waals surface area (Å²) >= 11 is 0. The van der Waals surface area contributed by atoms with Gasteiger partial charge in [-0.25, -0.2) is 0 Å². The van der Waals surface area contributed by atoms with E-state index in [1.807, 2.05) is 54.6 Å². The van der Waals surface area contributed by atoms with Crippen molar-refractivity contribution in [3.05, 3.63) is 95.5 Å². The van der Waals surface area contributed by atoms with Gasteiger partial charge in [0.05, 0.1) is 12.8 Å². The van der Waals surface area contributed by atoms with Gasteiger partial charge >= 0.3 is 0 Å². The van der Waals surface area contributed by atoms with Gasteiger partial charge in [-0.1, -0.05) is 42.5 Å². The Morgan fingerprint density at radius 1 is 1.11 bits per heavy atom. The van der Waals surface area contributed by atoms with Crippen molar-refractivity contribution < 1.29 is 13.9 Å². The Balaban J connectivity index is 1.65. The number of nitrogens with zero attached hydrogens (tertiary/aromatic N) is 1. The third kappa shape index (κ3) is 5.35. The second kappa shape index (κ2) is 9.07. The Kier molecular flexibility index (Phi) is 6.05. The molecule has 0 unspecified atom stereocenters. The molecule has 2 aromatic carbocycles. The van der Waals surface area contributed by atoms with Gasteiger partial charge in [0.25, 0.3) is 5.91 Å². The van der Waals surface area contributed by atoms with Gasteiger partial charge in [-0.15, -0.1) is 0 Å². The molecule has 3 rings (SSSR count). The zero-order valence-corrected chi connectivity index (χ0v) is 14.6. The summed E-state index contributed by atoms with van der Waals surface area (Å²) in [5.74, 6) is 0.836. The number of ether oxygens (including phenoxy) is 1. The number of rotatable bonds is 7. The van der Waals surface area contributed by atoms with Gasteiger partial charge in [-0.2, -0.15) is 5.26 Å². The van der Waals surface area contributed by atoms with E-state index in [1.165, 1.54) is 12.3 Å². The van der Waals surface area contributed by atoms with Crippen LogP contribution in [0.2, 0.25) is 0 Å². The zero-order chi connectivity index (χ0) is 18.9. The first-order valence-electron chi connectivity index (χ1n) is 8.44. The zero-order valence-electron chi connectivity index (χ0n) is 14.6. The van der Waals surface area contributed by atoms with Crippen molar-refractivity contribution in [2.24, 2.45) is 0 Å². The van der Waals surface area contributed by atoms with Gasteiger partial charge in [0.1, 0.15) is 29.8 Å². The molecular formula is C22H18N2O3. The number of carbonyl (C=O) groups excluding carboxylic acids is 1. The fraction of sp³-hybridized carbons (Fsp3) is 0.0909. The lowest BCUT2D eigenvalue weighted by Gasteiger charge is -2.07. The lowest BCUT2D eigenvalue weighted by Crippen LogP contribution is -2.23. The van der Waals surface area contributed by atoms with Crippen LogP contribution in [0.25, 0.3) is 6.08 Å². The van der Waals surface area contributed by atoms with E-state index < -0.39 is 5.91 Å². The highest BCUT2D eigenvalue weighted by Crippen LogP contribution is 2.17. The number of nitrogens with one attached hydrogen (secondary N) is 1. The topological polar surface area (TPSA) is 75.3 Å². The Bertz CT molecular complexity index is 955. The van der Waals surface area contributed by atoms with Crippen LogP contribution in [0.4, 0.5) is 0 Å². The molecule has 0 saturated heterocycles. The van der Waals surface area contributed by atoms with Gasteiger partial charge in [0, 0.05) is 0 Å². The lowest BCUT2D eigenvalue weighted by atomic mass is 10.1. The van der Waals surface area contributed by atoms with Crippen LogP contribution in [0.15, 0.2) is 83.0 Å². The molecule has 0 aliphatic carbocycles. The molecule has 5 nitrogen and oxygen atoms in total. The van der Waals surface area contributed by atoms with Gasteiger partial charge in [-0.3, -0.25) is 4.79 Å². The van der Waals surface area contributed by atoms with Crippen LogP contribution < -0.4 is 10.1 Å². The summed E-state index contributed by atoms with van der Waals surface area (Å²) < 4.78 is 10.9. The maximum absolute atomic E-state index is 12.2. The first-order chi connectivity index (χ1) is 13.2. The van der Waals surface area contributed by atoms with Crippen LogP contribution in [0.3, 0.4) is 0 Å². The number of carbonyl (C=O) groups is 1. The summed E-state index contributed by atoms with van der Waals surface area (Å²) in [5, 5.41) is 12.0. The first kappa shape index (κ1) is 18.0. The van der Waals surface area contributed by atoms with Crippen molar-refractivity contribution in [2.75, 3.05) is 0 Å². The van der Waals surface area contributed by atoms with Gasteiger partial charge in [-0.05, 0) is 41.5 Å². The predicted molar refractivity (Wildman–Crippen MR) is 101 cm³/mol. The van der Waals surface area contributed by atoms with E-state index in [0.29, 0.717) is 23.7 Å². The van der Waals surface area contributed by atoms with E-state index in [4.69, 9.17) is 9.15 Å². The normalized spacial score (nSPS) is 10.9. The molecule has 3 aromatic rings. The van der Waals surface area contributed by atoms with E-state index in [1.54, 1.807) is 18.2 Å². The molecule has 5 heteroatoms. The minimum atomic E-state index is -0.454. The second-order valence-electron chi connectivity index (χ2n) is 5.78. The Hall–Kier alpha value is -3.78. The number of nitriles is 1. The van der Waals surface area contributed by atoms with Crippen LogP contribution in [0, 0.1) is 11.3 Å². The fourth-order valence-corrected chi connectivity index (χ4v) is 2.43. The van der Waals surface area contributed by atoms with Crippen LogP contribution in [-0.4, -0.2) is 5.91 Å². The molecule has 0 bridgehead atoms. The van der Waals surface area contributed by atoms with Crippen LogP contribution >= 0.6 is 0 Å². The summed E-state index contributed by atoms with van der Waals surface area (Å²) in [6.45, 7) is 0.674. The molecule has 0 spiro atoms. The smallest absolute Gasteiger partial charge is 0.262 e. The molecule has 1 aromatic heterocycles. The summed E-state index contributed by atoms with van der Waals surface area (Å²) in [6.07, 6.45) is 3.07. The third-order valence-electron chi connectivity index (χ3n) is 3.79. The molecule has 0 fully saturated rings. The molecular weight excluding hydrogens is 340 g/mol. The van der Waals surface area contributed by atoms with Crippen molar-refractivity contribution in [1.29, 1.82) is 5.26 Å². The molecule has 27 heavy (non-hydrogen) atoms. The quantitative estimate of drug-likeness (QED) is 0.510. The minimum absolute atomic E-state index is 0.0155. The predicted octanol–water partition coefficient (Wildman–Crippen LogP) is 4.08.